The Morgan fingerprint density at radius 1 is 1.29 bits per heavy atom. The molecular formula is C20H33IN4O2S. The smallest absolute Gasteiger partial charge is 0.409 e. The number of likely N-dealkylation sites (tertiary alicyclic amines) is 1. The minimum atomic E-state index is -0.205. The highest BCUT2D eigenvalue weighted by molar-refractivity contribution is 14.0. The van der Waals surface area contributed by atoms with E-state index in [0.29, 0.717) is 12.6 Å². The summed E-state index contributed by atoms with van der Waals surface area (Å²) < 4.78 is 5.06. The van der Waals surface area contributed by atoms with Crippen molar-refractivity contribution in [3.8, 4) is 0 Å². The van der Waals surface area contributed by atoms with E-state index in [9.17, 15) is 4.79 Å². The van der Waals surface area contributed by atoms with E-state index in [0.717, 1.165) is 49.9 Å². The molecule has 2 rings (SSSR count). The minimum absolute atomic E-state index is 0. The van der Waals surface area contributed by atoms with Gasteiger partial charge < -0.3 is 20.3 Å². The molecule has 0 spiro atoms. The highest BCUT2D eigenvalue weighted by Gasteiger charge is 2.23. The molecule has 1 aromatic carbocycles. The quantitative estimate of drug-likeness (QED) is 0.249. The molecule has 1 aliphatic heterocycles. The van der Waals surface area contributed by atoms with Gasteiger partial charge >= 0.3 is 6.09 Å². The second-order valence-corrected chi connectivity index (χ2v) is 7.75. The Balaban J connectivity index is 0.00000392. The molecule has 1 saturated heterocycles. The third kappa shape index (κ3) is 8.89. The van der Waals surface area contributed by atoms with Crippen molar-refractivity contribution >= 4 is 47.8 Å². The van der Waals surface area contributed by atoms with E-state index in [1.165, 1.54) is 11.1 Å². The summed E-state index contributed by atoms with van der Waals surface area (Å²) in [5.74, 6) is 2.89. The number of amides is 1. The second kappa shape index (κ2) is 13.9. The van der Waals surface area contributed by atoms with Crippen molar-refractivity contribution in [1.29, 1.82) is 0 Å². The van der Waals surface area contributed by atoms with Crippen molar-refractivity contribution < 1.29 is 9.53 Å². The van der Waals surface area contributed by atoms with Gasteiger partial charge in [-0.15, -0.1) is 24.0 Å². The molecule has 2 N–H and O–H groups in total. The number of piperidine rings is 1. The SMILES string of the molecule is CCOC(=O)N1CCC(NC(=NC)NCCSCc2ccc(C)cc2)CC1.I. The maximum Gasteiger partial charge on any atom is 0.409 e. The van der Waals surface area contributed by atoms with E-state index < -0.39 is 0 Å². The fourth-order valence-corrected chi connectivity index (χ4v) is 3.74. The predicted octanol–water partition coefficient (Wildman–Crippen LogP) is 3.63. The topological polar surface area (TPSA) is 66.0 Å². The third-order valence-electron chi connectivity index (χ3n) is 4.51. The maximum atomic E-state index is 11.8. The van der Waals surface area contributed by atoms with Crippen LogP contribution in [0.2, 0.25) is 0 Å². The predicted molar refractivity (Wildman–Crippen MR) is 129 cm³/mol. The number of nitrogens with one attached hydrogen (secondary N) is 2. The van der Waals surface area contributed by atoms with Crippen molar-refractivity contribution in [1.82, 2.24) is 15.5 Å². The summed E-state index contributed by atoms with van der Waals surface area (Å²) in [5, 5.41) is 6.84. The number of carbonyl (C=O) groups excluding carboxylic acids is 1. The van der Waals surface area contributed by atoms with E-state index in [2.05, 4.69) is 46.8 Å². The van der Waals surface area contributed by atoms with Gasteiger partial charge in [0.25, 0.3) is 0 Å². The number of aliphatic imine (C=N–C) groups is 1. The molecule has 1 aromatic rings. The first-order chi connectivity index (χ1) is 13.1. The lowest BCUT2D eigenvalue weighted by molar-refractivity contribution is 0.0963. The zero-order valence-electron chi connectivity index (χ0n) is 17.1. The normalized spacial score (nSPS) is 15.0. The van der Waals surface area contributed by atoms with Gasteiger partial charge in [0, 0.05) is 44.2 Å². The van der Waals surface area contributed by atoms with Crippen LogP contribution in [0.3, 0.4) is 0 Å². The molecule has 158 valence electrons. The largest absolute Gasteiger partial charge is 0.450 e. The summed E-state index contributed by atoms with van der Waals surface area (Å²) in [6, 6.07) is 9.04. The number of aryl methyl sites for hydroxylation is 1. The van der Waals surface area contributed by atoms with E-state index in [4.69, 9.17) is 4.74 Å². The number of benzene rings is 1. The van der Waals surface area contributed by atoms with Crippen LogP contribution in [0.25, 0.3) is 0 Å². The Morgan fingerprint density at radius 3 is 2.57 bits per heavy atom. The van der Waals surface area contributed by atoms with Gasteiger partial charge in [0.15, 0.2) is 5.96 Å². The van der Waals surface area contributed by atoms with Crippen molar-refractivity contribution in [2.75, 3.05) is 39.0 Å². The number of carbonyl (C=O) groups is 1. The molecule has 0 unspecified atom stereocenters. The van der Waals surface area contributed by atoms with Gasteiger partial charge in [-0.25, -0.2) is 4.79 Å². The summed E-state index contributed by atoms with van der Waals surface area (Å²) in [4.78, 5) is 17.8. The molecule has 1 heterocycles. The molecule has 0 radical (unpaired) electrons. The third-order valence-corrected chi connectivity index (χ3v) is 5.54. The molecule has 1 amide bonds. The van der Waals surface area contributed by atoms with Crippen LogP contribution in [0, 0.1) is 6.92 Å². The molecule has 0 aliphatic carbocycles. The van der Waals surface area contributed by atoms with Gasteiger partial charge in [-0.3, -0.25) is 4.99 Å². The number of halogens is 1. The molecule has 6 nitrogen and oxygen atoms in total. The zero-order chi connectivity index (χ0) is 19.5. The first-order valence-corrected chi connectivity index (χ1v) is 10.8. The molecule has 0 bridgehead atoms. The first kappa shape index (κ1) is 24.9. The lowest BCUT2D eigenvalue weighted by Crippen LogP contribution is -2.50. The second-order valence-electron chi connectivity index (χ2n) is 6.64. The molecular weight excluding hydrogens is 487 g/mol. The fraction of sp³-hybridized carbons (Fsp3) is 0.600. The van der Waals surface area contributed by atoms with Gasteiger partial charge in [0.1, 0.15) is 0 Å². The van der Waals surface area contributed by atoms with Crippen molar-refractivity contribution in [3.05, 3.63) is 35.4 Å². The molecule has 1 aliphatic rings. The van der Waals surface area contributed by atoms with E-state index in [-0.39, 0.29) is 30.1 Å². The van der Waals surface area contributed by atoms with Crippen LogP contribution in [-0.2, 0) is 10.5 Å². The lowest BCUT2D eigenvalue weighted by Gasteiger charge is -2.32. The van der Waals surface area contributed by atoms with Crippen LogP contribution in [-0.4, -0.2) is 62.0 Å². The molecule has 1 fully saturated rings. The molecule has 0 saturated carbocycles. The minimum Gasteiger partial charge on any atom is -0.450 e. The number of nitrogens with zero attached hydrogens (tertiary/aromatic N) is 2. The van der Waals surface area contributed by atoms with E-state index >= 15 is 0 Å². The number of hydrogen-bond acceptors (Lipinski definition) is 4. The lowest BCUT2D eigenvalue weighted by atomic mass is 10.1. The van der Waals surface area contributed by atoms with Crippen molar-refractivity contribution in [2.45, 2.75) is 38.5 Å². The molecule has 28 heavy (non-hydrogen) atoms. The highest BCUT2D eigenvalue weighted by atomic mass is 127. The Labute approximate surface area is 190 Å². The monoisotopic (exact) mass is 520 g/mol. The van der Waals surface area contributed by atoms with Gasteiger partial charge in [-0.2, -0.15) is 11.8 Å². The number of ether oxygens (including phenoxy) is 1. The Hall–Kier alpha value is -1.16. The van der Waals surface area contributed by atoms with Crippen LogP contribution in [0.4, 0.5) is 4.79 Å². The average molecular weight is 520 g/mol. The Kier molecular flexibility index (Phi) is 12.4. The zero-order valence-corrected chi connectivity index (χ0v) is 20.2. The Morgan fingerprint density at radius 2 is 1.96 bits per heavy atom. The van der Waals surface area contributed by atoms with Crippen molar-refractivity contribution in [2.24, 2.45) is 4.99 Å². The fourth-order valence-electron chi connectivity index (χ4n) is 2.93. The van der Waals surface area contributed by atoms with Crippen LogP contribution < -0.4 is 10.6 Å². The summed E-state index contributed by atoms with van der Waals surface area (Å²) in [6.07, 6.45) is 1.60. The van der Waals surface area contributed by atoms with Gasteiger partial charge in [0.05, 0.1) is 6.61 Å². The standard InChI is InChI=1S/C20H32N4O2S.HI/c1-4-26-20(25)24-12-9-18(10-13-24)23-19(21-3)22-11-14-27-15-17-7-5-16(2)6-8-17;/h5-8,18H,4,9-15H2,1-3H3,(H2,21,22,23);1H. The van der Waals surface area contributed by atoms with E-state index in [1.807, 2.05) is 18.7 Å². The average Bonchev–Trinajstić information content (AvgIpc) is 2.69. The summed E-state index contributed by atoms with van der Waals surface area (Å²) in [6.45, 7) is 6.69. The van der Waals surface area contributed by atoms with Crippen LogP contribution in [0.1, 0.15) is 30.9 Å². The van der Waals surface area contributed by atoms with Gasteiger partial charge in [-0.1, -0.05) is 29.8 Å². The number of hydrogen-bond donors (Lipinski definition) is 2. The number of thioether (sulfide) groups is 1. The van der Waals surface area contributed by atoms with Crippen molar-refractivity contribution in [3.63, 3.8) is 0 Å². The molecule has 0 atom stereocenters. The Bertz CT molecular complexity index is 605. The van der Waals surface area contributed by atoms with Crippen LogP contribution >= 0.6 is 35.7 Å². The highest BCUT2D eigenvalue weighted by Crippen LogP contribution is 2.13. The summed E-state index contributed by atoms with van der Waals surface area (Å²) in [5.41, 5.74) is 2.66. The van der Waals surface area contributed by atoms with Gasteiger partial charge in [-0.05, 0) is 32.3 Å². The summed E-state index contributed by atoms with van der Waals surface area (Å²) >= 11 is 1.92. The molecule has 8 heteroatoms. The maximum absolute atomic E-state index is 11.8. The summed E-state index contributed by atoms with van der Waals surface area (Å²) in [7, 11) is 1.79. The first-order valence-electron chi connectivity index (χ1n) is 9.64. The van der Waals surface area contributed by atoms with Gasteiger partial charge in [0.2, 0.25) is 0 Å². The van der Waals surface area contributed by atoms with Crippen LogP contribution in [0.15, 0.2) is 29.3 Å². The molecule has 0 aromatic heterocycles. The number of rotatable bonds is 7. The number of guanidine groups is 1. The van der Waals surface area contributed by atoms with Crippen LogP contribution in [0.5, 0.6) is 0 Å². The van der Waals surface area contributed by atoms with E-state index in [1.54, 1.807) is 11.9 Å².